The minimum atomic E-state index is -0.144. The summed E-state index contributed by atoms with van der Waals surface area (Å²) in [5.41, 5.74) is 0.345. The smallest absolute Gasteiger partial charge is 0.410 e. The fourth-order valence-corrected chi connectivity index (χ4v) is 2.42. The number of carbonyl (C=O) groups excluding carboxylic acids is 1. The average Bonchev–Trinajstić information content (AvgIpc) is 2.40. The van der Waals surface area contributed by atoms with Gasteiger partial charge in [-0.2, -0.15) is 0 Å². The summed E-state index contributed by atoms with van der Waals surface area (Å²) in [5.74, 6) is 0.708. The van der Waals surface area contributed by atoms with Crippen molar-refractivity contribution in [3.05, 3.63) is 0 Å². The molecule has 1 aliphatic rings. The van der Waals surface area contributed by atoms with Crippen LogP contribution in [0.4, 0.5) is 4.79 Å². The number of hydrogen-bond acceptors (Lipinski definition) is 2. The normalized spacial score (nSPS) is 22.5. The highest BCUT2D eigenvalue weighted by Gasteiger charge is 2.28. The Morgan fingerprint density at radius 2 is 1.88 bits per heavy atom. The molecular weight excluding hydrogens is 214 g/mol. The standard InChI is InChI=1S/C14H27NO2/c1-11(2)17-13(16)15-9-6-7-12(8-10-15)14(3,4)5/h11-12H,6-10H2,1-5H3. The van der Waals surface area contributed by atoms with Gasteiger partial charge >= 0.3 is 6.09 Å². The zero-order valence-electron chi connectivity index (χ0n) is 12.0. The van der Waals surface area contributed by atoms with E-state index in [0.29, 0.717) is 11.3 Å². The maximum atomic E-state index is 11.8. The van der Waals surface area contributed by atoms with Crippen molar-refractivity contribution in [1.29, 1.82) is 0 Å². The van der Waals surface area contributed by atoms with Crippen molar-refractivity contribution in [3.8, 4) is 0 Å². The minimum absolute atomic E-state index is 0.0239. The maximum absolute atomic E-state index is 11.8. The Bertz CT molecular complexity index is 255. The van der Waals surface area contributed by atoms with E-state index < -0.39 is 0 Å². The summed E-state index contributed by atoms with van der Waals surface area (Å²) in [6, 6.07) is 0. The molecule has 0 aromatic rings. The van der Waals surface area contributed by atoms with Gasteiger partial charge in [-0.1, -0.05) is 20.8 Å². The first-order chi connectivity index (χ1) is 7.80. The summed E-state index contributed by atoms with van der Waals surface area (Å²) in [6.07, 6.45) is 3.24. The van der Waals surface area contributed by atoms with Crippen LogP contribution in [-0.4, -0.2) is 30.2 Å². The number of nitrogens with zero attached hydrogens (tertiary/aromatic N) is 1. The molecule has 17 heavy (non-hydrogen) atoms. The molecule has 1 aliphatic heterocycles. The number of amides is 1. The first-order valence-electron chi connectivity index (χ1n) is 6.76. The lowest BCUT2D eigenvalue weighted by Crippen LogP contribution is -2.34. The lowest BCUT2D eigenvalue weighted by atomic mass is 9.77. The van der Waals surface area contributed by atoms with Crippen LogP contribution in [0, 0.1) is 11.3 Å². The van der Waals surface area contributed by atoms with Gasteiger partial charge in [0.25, 0.3) is 0 Å². The molecule has 0 N–H and O–H groups in total. The van der Waals surface area contributed by atoms with Crippen molar-refractivity contribution < 1.29 is 9.53 Å². The Labute approximate surface area is 106 Å². The van der Waals surface area contributed by atoms with E-state index in [0.717, 1.165) is 25.9 Å². The van der Waals surface area contributed by atoms with Gasteiger partial charge in [-0.25, -0.2) is 4.79 Å². The minimum Gasteiger partial charge on any atom is -0.447 e. The number of ether oxygens (including phenoxy) is 1. The predicted octanol–water partition coefficient (Wildman–Crippen LogP) is 3.68. The average molecular weight is 241 g/mol. The quantitative estimate of drug-likeness (QED) is 0.701. The molecule has 1 atom stereocenters. The number of hydrogen-bond donors (Lipinski definition) is 0. The summed E-state index contributed by atoms with van der Waals surface area (Å²) in [4.78, 5) is 13.7. The van der Waals surface area contributed by atoms with Crippen LogP contribution in [0.15, 0.2) is 0 Å². The molecule has 0 aliphatic carbocycles. The van der Waals surface area contributed by atoms with Gasteiger partial charge in [0.2, 0.25) is 0 Å². The zero-order valence-corrected chi connectivity index (χ0v) is 12.0. The Morgan fingerprint density at radius 3 is 2.41 bits per heavy atom. The third-order valence-corrected chi connectivity index (χ3v) is 3.55. The van der Waals surface area contributed by atoms with Gasteiger partial charge in [0.1, 0.15) is 0 Å². The molecule has 1 saturated heterocycles. The lowest BCUT2D eigenvalue weighted by Gasteiger charge is -2.29. The molecule has 100 valence electrons. The van der Waals surface area contributed by atoms with E-state index in [1.54, 1.807) is 0 Å². The summed E-state index contributed by atoms with van der Waals surface area (Å²) < 4.78 is 5.25. The molecule has 0 aromatic carbocycles. The van der Waals surface area contributed by atoms with Crippen molar-refractivity contribution in [2.45, 2.75) is 60.0 Å². The van der Waals surface area contributed by atoms with E-state index in [1.165, 1.54) is 6.42 Å². The second kappa shape index (κ2) is 5.74. The lowest BCUT2D eigenvalue weighted by molar-refractivity contribution is 0.0767. The van der Waals surface area contributed by atoms with Gasteiger partial charge in [0.15, 0.2) is 0 Å². The fraction of sp³-hybridized carbons (Fsp3) is 0.929. The number of rotatable bonds is 1. The van der Waals surface area contributed by atoms with E-state index in [1.807, 2.05) is 18.7 Å². The largest absolute Gasteiger partial charge is 0.447 e. The molecule has 1 amide bonds. The highest BCUT2D eigenvalue weighted by molar-refractivity contribution is 5.67. The molecule has 3 nitrogen and oxygen atoms in total. The molecule has 1 rings (SSSR count). The third kappa shape index (κ3) is 4.57. The zero-order chi connectivity index (χ0) is 13.1. The van der Waals surface area contributed by atoms with E-state index in [-0.39, 0.29) is 12.2 Å². The van der Waals surface area contributed by atoms with Crippen LogP contribution in [0.3, 0.4) is 0 Å². The van der Waals surface area contributed by atoms with Crippen molar-refractivity contribution >= 4 is 6.09 Å². The van der Waals surface area contributed by atoms with Crippen LogP contribution >= 0.6 is 0 Å². The van der Waals surface area contributed by atoms with Crippen molar-refractivity contribution in [3.63, 3.8) is 0 Å². The molecule has 1 unspecified atom stereocenters. The van der Waals surface area contributed by atoms with E-state index >= 15 is 0 Å². The van der Waals surface area contributed by atoms with Crippen molar-refractivity contribution in [2.24, 2.45) is 11.3 Å². The Morgan fingerprint density at radius 1 is 1.24 bits per heavy atom. The number of carbonyl (C=O) groups is 1. The molecule has 1 fully saturated rings. The Hall–Kier alpha value is -0.730. The van der Waals surface area contributed by atoms with Crippen LogP contribution < -0.4 is 0 Å². The van der Waals surface area contributed by atoms with Crippen molar-refractivity contribution in [1.82, 2.24) is 4.90 Å². The highest BCUT2D eigenvalue weighted by atomic mass is 16.6. The molecular formula is C14H27NO2. The van der Waals surface area contributed by atoms with Gasteiger partial charge < -0.3 is 9.64 Å². The second-order valence-electron chi connectivity index (χ2n) is 6.41. The Balaban J connectivity index is 2.50. The first kappa shape index (κ1) is 14.3. The second-order valence-corrected chi connectivity index (χ2v) is 6.41. The van der Waals surface area contributed by atoms with Gasteiger partial charge in [-0.15, -0.1) is 0 Å². The van der Waals surface area contributed by atoms with Gasteiger partial charge in [-0.3, -0.25) is 0 Å². The Kier molecular flexibility index (Phi) is 4.84. The summed E-state index contributed by atoms with van der Waals surface area (Å²) in [5, 5.41) is 0. The third-order valence-electron chi connectivity index (χ3n) is 3.55. The summed E-state index contributed by atoms with van der Waals surface area (Å²) in [7, 11) is 0. The van der Waals surface area contributed by atoms with E-state index in [9.17, 15) is 4.79 Å². The fourth-order valence-electron chi connectivity index (χ4n) is 2.42. The molecule has 0 bridgehead atoms. The highest BCUT2D eigenvalue weighted by Crippen LogP contribution is 2.34. The molecule has 0 saturated carbocycles. The van der Waals surface area contributed by atoms with Crippen LogP contribution in [0.5, 0.6) is 0 Å². The van der Waals surface area contributed by atoms with Crippen molar-refractivity contribution in [2.75, 3.05) is 13.1 Å². The topological polar surface area (TPSA) is 29.5 Å². The maximum Gasteiger partial charge on any atom is 0.410 e. The monoisotopic (exact) mass is 241 g/mol. The van der Waals surface area contributed by atoms with Crippen LogP contribution in [0.25, 0.3) is 0 Å². The molecule has 0 aromatic heterocycles. The van der Waals surface area contributed by atoms with Gasteiger partial charge in [0, 0.05) is 13.1 Å². The van der Waals surface area contributed by atoms with Gasteiger partial charge in [-0.05, 0) is 44.4 Å². The molecule has 3 heteroatoms. The molecule has 0 spiro atoms. The van der Waals surface area contributed by atoms with Gasteiger partial charge in [0.05, 0.1) is 6.10 Å². The molecule has 1 heterocycles. The van der Waals surface area contributed by atoms with Crippen LogP contribution in [-0.2, 0) is 4.74 Å². The molecule has 0 radical (unpaired) electrons. The summed E-state index contributed by atoms with van der Waals surface area (Å²) >= 11 is 0. The predicted molar refractivity (Wildman–Crippen MR) is 70.0 cm³/mol. The van der Waals surface area contributed by atoms with E-state index in [2.05, 4.69) is 20.8 Å². The van der Waals surface area contributed by atoms with Crippen LogP contribution in [0.1, 0.15) is 53.9 Å². The SMILES string of the molecule is CC(C)OC(=O)N1CCCC(C(C)(C)C)CC1. The number of likely N-dealkylation sites (tertiary alicyclic amines) is 1. The first-order valence-corrected chi connectivity index (χ1v) is 6.76. The van der Waals surface area contributed by atoms with E-state index in [4.69, 9.17) is 4.74 Å². The summed E-state index contributed by atoms with van der Waals surface area (Å²) in [6.45, 7) is 12.4. The van der Waals surface area contributed by atoms with Crippen LogP contribution in [0.2, 0.25) is 0 Å².